The van der Waals surface area contributed by atoms with Crippen LogP contribution in [-0.2, 0) is 25.0 Å². The molecule has 0 saturated heterocycles. The van der Waals surface area contributed by atoms with Crippen LogP contribution in [-0.4, -0.2) is 55.8 Å². The van der Waals surface area contributed by atoms with E-state index in [1.54, 1.807) is 0 Å². The molecule has 0 radical (unpaired) electrons. The molecule has 36 heavy (non-hydrogen) atoms. The van der Waals surface area contributed by atoms with Crippen LogP contribution in [0.5, 0.6) is 11.5 Å². The summed E-state index contributed by atoms with van der Waals surface area (Å²) in [5, 5.41) is 29.9. The van der Waals surface area contributed by atoms with Gasteiger partial charge in [0.2, 0.25) is 0 Å². The Labute approximate surface area is 204 Å². The van der Waals surface area contributed by atoms with Crippen LogP contribution in [0.3, 0.4) is 0 Å². The molecule has 0 spiro atoms. The number of aliphatic carboxylic acids is 1. The van der Waals surface area contributed by atoms with Crippen molar-refractivity contribution in [2.24, 2.45) is 10.2 Å². The minimum Gasteiger partial charge on any atom is -0.505 e. The van der Waals surface area contributed by atoms with Gasteiger partial charge in [-0.2, -0.15) is 16.8 Å². The number of fused-ring (bicyclic) bond motifs is 1. The normalized spacial score (nSPS) is 12.4. The molecule has 0 aliphatic carbocycles. The Kier molecular flexibility index (Phi) is 7.59. The molecule has 0 aliphatic rings. The van der Waals surface area contributed by atoms with Crippen LogP contribution in [0.4, 0.5) is 17.1 Å². The minimum atomic E-state index is -4.94. The Morgan fingerprint density at radius 2 is 1.69 bits per heavy atom. The first-order chi connectivity index (χ1) is 16.8. The van der Waals surface area contributed by atoms with Crippen molar-refractivity contribution in [1.82, 2.24) is 0 Å². The number of ether oxygens (including phenoxy) is 1. The van der Waals surface area contributed by atoms with Gasteiger partial charge in [0.1, 0.15) is 26.9 Å². The van der Waals surface area contributed by atoms with Crippen molar-refractivity contribution in [3.05, 3.63) is 54.6 Å². The highest BCUT2D eigenvalue weighted by molar-refractivity contribution is 7.86. The van der Waals surface area contributed by atoms with Gasteiger partial charge in [0.25, 0.3) is 20.2 Å². The first-order valence-electron chi connectivity index (χ1n) is 9.79. The van der Waals surface area contributed by atoms with Gasteiger partial charge in [0.05, 0.1) is 7.11 Å². The second-order valence-electron chi connectivity index (χ2n) is 7.11. The van der Waals surface area contributed by atoms with E-state index in [4.69, 9.17) is 9.84 Å². The third-order valence-corrected chi connectivity index (χ3v) is 6.47. The number of carboxylic acid groups (broad SMARTS) is 1. The van der Waals surface area contributed by atoms with E-state index in [2.05, 4.69) is 15.5 Å². The summed E-state index contributed by atoms with van der Waals surface area (Å²) in [7, 11) is -8.46. The number of nitrogens with one attached hydrogen (secondary N) is 1. The summed E-state index contributed by atoms with van der Waals surface area (Å²) in [5.41, 5.74) is -0.621. The number of aromatic hydroxyl groups is 1. The van der Waals surface area contributed by atoms with Gasteiger partial charge in [-0.25, -0.2) is 4.79 Å². The number of carboxylic acids is 1. The molecule has 0 aromatic heterocycles. The van der Waals surface area contributed by atoms with Gasteiger partial charge in [-0.15, -0.1) is 10.2 Å². The fourth-order valence-electron chi connectivity index (χ4n) is 3.11. The number of carbonyl (C=O) groups is 1. The predicted molar refractivity (Wildman–Crippen MR) is 128 cm³/mol. The Bertz CT molecular complexity index is 1610. The van der Waals surface area contributed by atoms with E-state index in [-0.39, 0.29) is 23.1 Å². The quantitative estimate of drug-likeness (QED) is 0.151. The summed E-state index contributed by atoms with van der Waals surface area (Å²) in [6.07, 6.45) is 2.28. The molecule has 0 amide bonds. The van der Waals surface area contributed by atoms with Crippen LogP contribution in [0.25, 0.3) is 10.8 Å². The van der Waals surface area contributed by atoms with Crippen LogP contribution < -0.4 is 10.1 Å². The highest BCUT2D eigenvalue weighted by atomic mass is 32.2. The highest BCUT2D eigenvalue weighted by Crippen LogP contribution is 2.42. The smallest absolute Gasteiger partial charge is 0.328 e. The van der Waals surface area contributed by atoms with E-state index in [9.17, 15) is 35.8 Å². The van der Waals surface area contributed by atoms with Crippen LogP contribution in [0.2, 0.25) is 0 Å². The Balaban J connectivity index is 2.12. The highest BCUT2D eigenvalue weighted by Gasteiger charge is 2.23. The number of methoxy groups -OCH3 is 1. The summed E-state index contributed by atoms with van der Waals surface area (Å²) in [6.45, 7) is 0.138. The monoisotopic (exact) mass is 537 g/mol. The number of hydrogen-bond donors (Lipinski definition) is 5. The molecule has 0 heterocycles. The van der Waals surface area contributed by atoms with Crippen LogP contribution in [0.1, 0.15) is 0 Å². The van der Waals surface area contributed by atoms with Gasteiger partial charge in [-0.05, 0) is 41.8 Å². The molecule has 3 aromatic rings. The zero-order valence-electron chi connectivity index (χ0n) is 18.4. The summed E-state index contributed by atoms with van der Waals surface area (Å²) in [4.78, 5) is 9.03. The number of azo groups is 1. The summed E-state index contributed by atoms with van der Waals surface area (Å²) >= 11 is 0. The van der Waals surface area contributed by atoms with Crippen LogP contribution in [0, 0.1) is 0 Å². The van der Waals surface area contributed by atoms with Crippen LogP contribution >= 0.6 is 0 Å². The van der Waals surface area contributed by atoms with Crippen molar-refractivity contribution in [2.75, 3.05) is 19.0 Å². The number of benzene rings is 3. The topological polar surface area (TPSA) is 212 Å². The first-order valence-corrected chi connectivity index (χ1v) is 12.7. The second kappa shape index (κ2) is 10.3. The van der Waals surface area contributed by atoms with E-state index in [0.29, 0.717) is 5.69 Å². The predicted octanol–water partition coefficient (Wildman–Crippen LogP) is 3.52. The van der Waals surface area contributed by atoms with E-state index in [0.717, 1.165) is 24.3 Å². The number of phenols is 1. The standard InChI is InChI=1S/C21H19N3O10S2/c1-34-14-5-7-16(17(11-14)35(28,29)30)23-24-20-18(36(31,32)33)10-12-9-13(4-6-15(12)21(20)27)22-8-2-3-19(25)26/h2-7,9-11,22,27H,8H2,1H3,(H,25,26)(H,28,29,30)(H,31,32,33)/b3-2-,24-23?. The number of nitrogens with zero attached hydrogens (tertiary/aromatic N) is 2. The largest absolute Gasteiger partial charge is 0.505 e. The molecule has 0 atom stereocenters. The molecule has 3 aromatic carbocycles. The van der Waals surface area contributed by atoms with E-state index in [1.807, 2.05) is 0 Å². The molecule has 13 nitrogen and oxygen atoms in total. The third kappa shape index (κ3) is 6.14. The van der Waals surface area contributed by atoms with Gasteiger partial charge in [-0.1, -0.05) is 6.08 Å². The number of hydrogen-bond acceptors (Lipinski definition) is 10. The maximum atomic E-state index is 12.0. The van der Waals surface area contributed by atoms with Gasteiger partial charge in [-0.3, -0.25) is 9.11 Å². The van der Waals surface area contributed by atoms with Gasteiger partial charge < -0.3 is 20.3 Å². The maximum Gasteiger partial charge on any atom is 0.328 e. The molecular weight excluding hydrogens is 518 g/mol. The summed E-state index contributed by atoms with van der Waals surface area (Å²) in [6, 6.07) is 8.81. The molecule has 5 N–H and O–H groups in total. The first kappa shape index (κ1) is 26.6. The summed E-state index contributed by atoms with van der Waals surface area (Å²) < 4.78 is 71.7. The zero-order valence-corrected chi connectivity index (χ0v) is 20.0. The molecular formula is C21H19N3O10S2. The Morgan fingerprint density at radius 1 is 1.00 bits per heavy atom. The molecule has 0 fully saturated rings. The average Bonchev–Trinajstić information content (AvgIpc) is 2.79. The number of anilines is 1. The minimum absolute atomic E-state index is 0.0802. The SMILES string of the molecule is COc1ccc(N=Nc2c(S(=O)(=O)O)cc3cc(NC/C=C\C(=O)O)ccc3c2O)c(S(=O)(=O)O)c1. The lowest BCUT2D eigenvalue weighted by Gasteiger charge is -2.11. The Morgan fingerprint density at radius 3 is 2.31 bits per heavy atom. The number of phenolic OH excluding ortho intramolecular Hbond substituents is 1. The molecule has 0 aliphatic heterocycles. The zero-order chi connectivity index (χ0) is 26.7. The van der Waals surface area contributed by atoms with Crippen molar-refractivity contribution in [2.45, 2.75) is 9.79 Å². The fourth-order valence-corrected chi connectivity index (χ4v) is 4.40. The lowest BCUT2D eigenvalue weighted by Crippen LogP contribution is -2.01. The fraction of sp³-hybridized carbons (Fsp3) is 0.0952. The lowest BCUT2D eigenvalue weighted by molar-refractivity contribution is -0.131. The molecule has 0 bridgehead atoms. The van der Waals surface area contributed by atoms with Crippen molar-refractivity contribution in [3.8, 4) is 11.5 Å². The van der Waals surface area contributed by atoms with Crippen molar-refractivity contribution in [3.63, 3.8) is 0 Å². The van der Waals surface area contributed by atoms with Crippen molar-refractivity contribution < 1.29 is 45.7 Å². The summed E-state index contributed by atoms with van der Waals surface area (Å²) in [5.74, 6) is -1.72. The lowest BCUT2D eigenvalue weighted by atomic mass is 10.1. The second-order valence-corrected chi connectivity index (χ2v) is 9.89. The molecule has 15 heteroatoms. The van der Waals surface area contributed by atoms with E-state index in [1.165, 1.54) is 37.5 Å². The molecule has 3 rings (SSSR count). The van der Waals surface area contributed by atoms with E-state index < -0.39 is 53.1 Å². The number of rotatable bonds is 9. The maximum absolute atomic E-state index is 12.0. The molecule has 0 unspecified atom stereocenters. The van der Waals surface area contributed by atoms with Crippen LogP contribution in [0.15, 0.2) is 74.6 Å². The van der Waals surface area contributed by atoms with Crippen molar-refractivity contribution >= 4 is 54.0 Å². The van der Waals surface area contributed by atoms with Gasteiger partial charge in [0, 0.05) is 29.8 Å². The van der Waals surface area contributed by atoms with Gasteiger partial charge in [0.15, 0.2) is 5.75 Å². The average molecular weight is 538 g/mol. The Hall–Kier alpha value is -4.05. The van der Waals surface area contributed by atoms with E-state index >= 15 is 0 Å². The van der Waals surface area contributed by atoms with Gasteiger partial charge >= 0.3 is 5.97 Å². The van der Waals surface area contributed by atoms with Crippen molar-refractivity contribution in [1.29, 1.82) is 0 Å². The molecule has 190 valence electrons. The third-order valence-electron chi connectivity index (χ3n) is 4.72. The molecule has 0 saturated carbocycles.